The minimum atomic E-state index is -0.484. The Hall–Kier alpha value is -1.55. The largest absolute Gasteiger partial charge is 0.389 e. The number of nitrogens with one attached hydrogen (secondary N) is 2. The molecule has 3 N–H and O–H groups in total. The molecule has 0 radical (unpaired) electrons. The number of hydrogen-bond acceptors (Lipinski definition) is 2. The van der Waals surface area contributed by atoms with Crippen LogP contribution in [0.1, 0.15) is 44.8 Å². The van der Waals surface area contributed by atoms with Gasteiger partial charge in [0.15, 0.2) is 0 Å². The third-order valence-corrected chi connectivity index (χ3v) is 3.83. The summed E-state index contributed by atoms with van der Waals surface area (Å²) < 4.78 is 0. The van der Waals surface area contributed by atoms with Gasteiger partial charge in [-0.1, -0.05) is 25.5 Å². The number of carbonyl (C=O) groups is 1. The van der Waals surface area contributed by atoms with E-state index in [2.05, 4.69) is 17.6 Å². The number of amides is 2. The van der Waals surface area contributed by atoms with Crippen LogP contribution in [-0.2, 0) is 0 Å². The van der Waals surface area contributed by atoms with Crippen LogP contribution in [0.2, 0.25) is 0 Å². The number of anilines is 1. The lowest BCUT2D eigenvalue weighted by molar-refractivity contribution is 0.199. The highest BCUT2D eigenvalue weighted by Crippen LogP contribution is 2.24. The topological polar surface area (TPSA) is 61.4 Å². The number of benzene rings is 1. The molecule has 0 heterocycles. The monoisotopic (exact) mass is 262 g/mol. The standard InChI is InChI=1S/C15H22N2O2/c1-10-4-3-5-14(10)17-15(19)16-13-8-6-12(7-9-13)11(2)18/h6-11,14,18H,3-5H2,1-2H3,(H2,16,17,19). The number of hydrogen-bond donors (Lipinski definition) is 3. The average molecular weight is 262 g/mol. The molecule has 4 heteroatoms. The summed E-state index contributed by atoms with van der Waals surface area (Å²) in [6, 6.07) is 7.39. The Balaban J connectivity index is 1.88. The minimum Gasteiger partial charge on any atom is -0.389 e. The average Bonchev–Trinajstić information content (AvgIpc) is 2.75. The van der Waals surface area contributed by atoms with Gasteiger partial charge in [0.25, 0.3) is 0 Å². The van der Waals surface area contributed by atoms with Gasteiger partial charge in [-0.3, -0.25) is 0 Å². The van der Waals surface area contributed by atoms with Crippen LogP contribution < -0.4 is 10.6 Å². The summed E-state index contributed by atoms with van der Waals surface area (Å²) in [5.74, 6) is 0.559. The van der Waals surface area contributed by atoms with Crippen LogP contribution >= 0.6 is 0 Å². The highest BCUT2D eigenvalue weighted by molar-refractivity contribution is 5.89. The van der Waals surface area contributed by atoms with E-state index in [0.29, 0.717) is 5.92 Å². The van der Waals surface area contributed by atoms with Crippen LogP contribution in [0, 0.1) is 5.92 Å². The molecule has 0 aliphatic heterocycles. The maximum Gasteiger partial charge on any atom is 0.319 e. The molecule has 1 aliphatic carbocycles. The number of aliphatic hydroxyl groups excluding tert-OH is 1. The normalized spacial score (nSPS) is 23.9. The van der Waals surface area contributed by atoms with Crippen LogP contribution in [0.25, 0.3) is 0 Å². The Kier molecular flexibility index (Phi) is 4.43. The summed E-state index contributed by atoms with van der Waals surface area (Å²) in [5, 5.41) is 15.3. The third kappa shape index (κ3) is 3.70. The van der Waals surface area contributed by atoms with E-state index in [1.54, 1.807) is 19.1 Å². The first-order valence-electron chi connectivity index (χ1n) is 6.92. The molecule has 104 valence electrons. The van der Waals surface area contributed by atoms with E-state index >= 15 is 0 Å². The molecular weight excluding hydrogens is 240 g/mol. The molecule has 0 bridgehead atoms. The van der Waals surface area contributed by atoms with Gasteiger partial charge >= 0.3 is 6.03 Å². The lowest BCUT2D eigenvalue weighted by Crippen LogP contribution is -2.39. The van der Waals surface area contributed by atoms with Crippen LogP contribution in [0.3, 0.4) is 0 Å². The van der Waals surface area contributed by atoms with E-state index in [1.807, 2.05) is 12.1 Å². The van der Waals surface area contributed by atoms with Crippen molar-refractivity contribution in [2.24, 2.45) is 5.92 Å². The SMILES string of the molecule is CC(O)c1ccc(NC(=O)NC2CCCC2C)cc1. The Morgan fingerprint density at radius 1 is 1.32 bits per heavy atom. The Labute approximate surface area is 114 Å². The molecule has 1 saturated carbocycles. The fourth-order valence-electron chi connectivity index (χ4n) is 2.54. The summed E-state index contributed by atoms with van der Waals surface area (Å²) in [6.07, 6.45) is 2.96. The number of aliphatic hydroxyl groups is 1. The zero-order valence-electron chi connectivity index (χ0n) is 11.5. The van der Waals surface area contributed by atoms with Crippen molar-refractivity contribution in [3.63, 3.8) is 0 Å². The van der Waals surface area contributed by atoms with Gasteiger partial charge in [0.2, 0.25) is 0 Å². The number of rotatable bonds is 3. The van der Waals surface area contributed by atoms with E-state index in [-0.39, 0.29) is 12.1 Å². The van der Waals surface area contributed by atoms with Gasteiger partial charge in [-0.05, 0) is 43.4 Å². The molecule has 2 amide bonds. The summed E-state index contributed by atoms with van der Waals surface area (Å²) in [7, 11) is 0. The van der Waals surface area contributed by atoms with Crippen molar-refractivity contribution >= 4 is 11.7 Å². The second-order valence-corrected chi connectivity index (χ2v) is 5.41. The molecule has 19 heavy (non-hydrogen) atoms. The zero-order valence-corrected chi connectivity index (χ0v) is 11.5. The van der Waals surface area contributed by atoms with Gasteiger partial charge < -0.3 is 15.7 Å². The maximum atomic E-state index is 11.9. The molecule has 2 rings (SSSR count). The molecule has 1 fully saturated rings. The first-order chi connectivity index (χ1) is 9.06. The second kappa shape index (κ2) is 6.06. The fourth-order valence-corrected chi connectivity index (χ4v) is 2.54. The molecule has 1 aromatic carbocycles. The predicted octanol–water partition coefficient (Wildman–Crippen LogP) is 3.05. The molecule has 0 aromatic heterocycles. The molecule has 3 unspecified atom stereocenters. The molecule has 4 nitrogen and oxygen atoms in total. The van der Waals surface area contributed by atoms with Crippen molar-refractivity contribution in [3.05, 3.63) is 29.8 Å². The Bertz CT molecular complexity index is 428. The predicted molar refractivity (Wildman–Crippen MR) is 76.0 cm³/mol. The summed E-state index contributed by atoms with van der Waals surface area (Å²) >= 11 is 0. The van der Waals surface area contributed by atoms with Crippen molar-refractivity contribution in [2.75, 3.05) is 5.32 Å². The van der Waals surface area contributed by atoms with Crippen LogP contribution in [0.15, 0.2) is 24.3 Å². The zero-order chi connectivity index (χ0) is 13.8. The maximum absolute atomic E-state index is 11.9. The molecule has 0 saturated heterocycles. The van der Waals surface area contributed by atoms with Gasteiger partial charge in [-0.15, -0.1) is 0 Å². The van der Waals surface area contributed by atoms with Crippen molar-refractivity contribution < 1.29 is 9.90 Å². The van der Waals surface area contributed by atoms with Crippen LogP contribution in [0.4, 0.5) is 10.5 Å². The van der Waals surface area contributed by atoms with E-state index in [0.717, 1.165) is 17.7 Å². The third-order valence-electron chi connectivity index (χ3n) is 3.83. The fraction of sp³-hybridized carbons (Fsp3) is 0.533. The molecule has 1 aliphatic rings. The van der Waals surface area contributed by atoms with Crippen molar-refractivity contribution in [2.45, 2.75) is 45.3 Å². The van der Waals surface area contributed by atoms with Gasteiger partial charge in [0, 0.05) is 11.7 Å². The lowest BCUT2D eigenvalue weighted by Gasteiger charge is -2.17. The van der Waals surface area contributed by atoms with Crippen LogP contribution in [0.5, 0.6) is 0 Å². The Morgan fingerprint density at radius 3 is 2.53 bits per heavy atom. The van der Waals surface area contributed by atoms with Crippen LogP contribution in [-0.4, -0.2) is 17.2 Å². The second-order valence-electron chi connectivity index (χ2n) is 5.41. The molecule has 3 atom stereocenters. The smallest absolute Gasteiger partial charge is 0.319 e. The minimum absolute atomic E-state index is 0.149. The molecule has 0 spiro atoms. The quantitative estimate of drug-likeness (QED) is 0.784. The van der Waals surface area contributed by atoms with Crippen molar-refractivity contribution in [1.82, 2.24) is 5.32 Å². The van der Waals surface area contributed by atoms with E-state index in [4.69, 9.17) is 0 Å². The lowest BCUT2D eigenvalue weighted by atomic mass is 10.1. The first kappa shape index (κ1) is 13.9. The van der Waals surface area contributed by atoms with E-state index in [1.165, 1.54) is 12.8 Å². The van der Waals surface area contributed by atoms with Gasteiger partial charge in [-0.25, -0.2) is 4.79 Å². The summed E-state index contributed by atoms with van der Waals surface area (Å²) in [5.41, 5.74) is 1.59. The van der Waals surface area contributed by atoms with Gasteiger partial charge in [0.1, 0.15) is 0 Å². The highest BCUT2D eigenvalue weighted by atomic mass is 16.3. The van der Waals surface area contributed by atoms with Crippen molar-refractivity contribution in [3.8, 4) is 0 Å². The highest BCUT2D eigenvalue weighted by Gasteiger charge is 2.24. The summed E-state index contributed by atoms with van der Waals surface area (Å²) in [4.78, 5) is 11.9. The van der Waals surface area contributed by atoms with E-state index in [9.17, 15) is 9.90 Å². The van der Waals surface area contributed by atoms with Gasteiger partial charge in [0.05, 0.1) is 6.10 Å². The summed E-state index contributed by atoms with van der Waals surface area (Å²) in [6.45, 7) is 3.89. The van der Waals surface area contributed by atoms with Gasteiger partial charge in [-0.2, -0.15) is 0 Å². The first-order valence-corrected chi connectivity index (χ1v) is 6.92. The Morgan fingerprint density at radius 2 is 2.00 bits per heavy atom. The number of carbonyl (C=O) groups excluding carboxylic acids is 1. The van der Waals surface area contributed by atoms with Crippen molar-refractivity contribution in [1.29, 1.82) is 0 Å². The number of urea groups is 1. The van der Waals surface area contributed by atoms with E-state index < -0.39 is 6.10 Å². The molecule has 1 aromatic rings. The molecular formula is C15H22N2O2.